The second-order valence-electron chi connectivity index (χ2n) is 9.88. The Hall–Kier alpha value is -2.35. The molecule has 7 nitrogen and oxygen atoms in total. The van der Waals surface area contributed by atoms with Crippen LogP contribution in [-0.4, -0.2) is 38.5 Å². The smallest absolute Gasteiger partial charge is 0.321 e. The summed E-state index contributed by atoms with van der Waals surface area (Å²) in [6, 6.07) is 8.70. The molecular formula is C24H33N5O2S. The van der Waals surface area contributed by atoms with Crippen molar-refractivity contribution in [1.29, 1.82) is 0 Å². The van der Waals surface area contributed by atoms with Crippen molar-refractivity contribution in [3.8, 4) is 11.4 Å². The zero-order valence-corrected chi connectivity index (χ0v) is 20.0. The molecule has 0 unspecified atom stereocenters. The average molecular weight is 456 g/mol. The molecule has 172 valence electrons. The van der Waals surface area contributed by atoms with E-state index in [1.54, 1.807) is 0 Å². The van der Waals surface area contributed by atoms with Gasteiger partial charge in [0.1, 0.15) is 0 Å². The van der Waals surface area contributed by atoms with Crippen molar-refractivity contribution in [1.82, 2.24) is 25.4 Å². The summed E-state index contributed by atoms with van der Waals surface area (Å²) in [5.41, 5.74) is 2.41. The molecule has 0 radical (unpaired) electrons. The van der Waals surface area contributed by atoms with Crippen LogP contribution in [0, 0.1) is 0 Å². The van der Waals surface area contributed by atoms with Gasteiger partial charge in [-0.1, -0.05) is 76.1 Å². The number of urea groups is 1. The fraction of sp³-hybridized carbons (Fsp3) is 0.583. The first-order valence-corrected chi connectivity index (χ1v) is 12.6. The Bertz CT molecular complexity index is 954. The van der Waals surface area contributed by atoms with E-state index in [1.165, 1.54) is 36.6 Å². The first-order chi connectivity index (χ1) is 15.3. The van der Waals surface area contributed by atoms with Crippen LogP contribution in [0.4, 0.5) is 4.79 Å². The van der Waals surface area contributed by atoms with Gasteiger partial charge in [-0.25, -0.2) is 4.79 Å². The van der Waals surface area contributed by atoms with Crippen LogP contribution in [0.1, 0.15) is 77.3 Å². The molecule has 0 atom stereocenters. The summed E-state index contributed by atoms with van der Waals surface area (Å²) >= 11 is 1.35. The monoisotopic (exact) mass is 455 g/mol. The highest BCUT2D eigenvalue weighted by Gasteiger charge is 2.26. The van der Waals surface area contributed by atoms with Crippen LogP contribution in [0.5, 0.6) is 0 Å². The summed E-state index contributed by atoms with van der Waals surface area (Å²) in [5.74, 6) is 0.667. The van der Waals surface area contributed by atoms with Gasteiger partial charge < -0.3 is 5.32 Å². The molecule has 0 saturated heterocycles. The Morgan fingerprint density at radius 1 is 1.03 bits per heavy atom. The minimum atomic E-state index is -0.411. The molecule has 1 heterocycles. The number of aromatic nitrogens is 3. The number of carbonyl (C=O) groups excluding carboxylic acids is 2. The summed E-state index contributed by atoms with van der Waals surface area (Å²) in [4.78, 5) is 24.1. The number of nitrogens with one attached hydrogen (secondary N) is 2. The molecule has 2 N–H and O–H groups in total. The first-order valence-electron chi connectivity index (χ1n) is 11.6. The third-order valence-corrected chi connectivity index (χ3v) is 7.05. The Kier molecular flexibility index (Phi) is 6.88. The molecule has 2 aliphatic carbocycles. The lowest BCUT2D eigenvalue weighted by Crippen LogP contribution is -2.41. The van der Waals surface area contributed by atoms with Gasteiger partial charge in [-0.2, -0.15) is 0 Å². The van der Waals surface area contributed by atoms with Crippen molar-refractivity contribution >= 4 is 23.7 Å². The third kappa shape index (κ3) is 5.71. The van der Waals surface area contributed by atoms with Gasteiger partial charge in [-0.15, -0.1) is 10.2 Å². The summed E-state index contributed by atoms with van der Waals surface area (Å²) in [5, 5.41) is 14.9. The number of amides is 3. The molecule has 2 fully saturated rings. The van der Waals surface area contributed by atoms with Crippen LogP contribution < -0.4 is 10.6 Å². The fourth-order valence-corrected chi connectivity index (χ4v) is 4.91. The van der Waals surface area contributed by atoms with Crippen molar-refractivity contribution in [2.45, 2.75) is 88.4 Å². The number of imide groups is 1. The van der Waals surface area contributed by atoms with E-state index < -0.39 is 6.03 Å². The van der Waals surface area contributed by atoms with Crippen LogP contribution >= 0.6 is 11.8 Å². The van der Waals surface area contributed by atoms with Crippen molar-refractivity contribution in [3.63, 3.8) is 0 Å². The van der Waals surface area contributed by atoms with E-state index in [2.05, 4.69) is 70.4 Å². The zero-order chi connectivity index (χ0) is 22.7. The molecule has 8 heteroatoms. The Morgan fingerprint density at radius 3 is 2.34 bits per heavy atom. The van der Waals surface area contributed by atoms with Crippen molar-refractivity contribution in [3.05, 3.63) is 29.8 Å². The minimum absolute atomic E-state index is 0.0930. The van der Waals surface area contributed by atoms with Crippen molar-refractivity contribution in [2.75, 3.05) is 5.75 Å². The topological polar surface area (TPSA) is 88.9 Å². The molecule has 4 rings (SSSR count). The predicted molar refractivity (Wildman–Crippen MR) is 127 cm³/mol. The second kappa shape index (κ2) is 9.65. The van der Waals surface area contributed by atoms with Gasteiger partial charge in [0, 0.05) is 17.6 Å². The molecule has 2 aliphatic rings. The number of hydrogen-bond donors (Lipinski definition) is 2. The molecule has 32 heavy (non-hydrogen) atoms. The number of nitrogens with zero attached hydrogens (tertiary/aromatic N) is 3. The number of benzene rings is 1. The normalized spacial score (nSPS) is 17.2. The molecule has 2 saturated carbocycles. The molecule has 2 aromatic rings. The molecule has 0 aliphatic heterocycles. The highest BCUT2D eigenvalue weighted by Crippen LogP contribution is 2.36. The van der Waals surface area contributed by atoms with Gasteiger partial charge in [0.05, 0.1) is 5.75 Å². The SMILES string of the molecule is CC(C)(C)c1ccc(-c2nnc(SCC(=O)NC(=O)NC3CC3)n2C2CCCCC2)cc1. The van der Waals surface area contributed by atoms with E-state index in [4.69, 9.17) is 0 Å². The number of thioether (sulfide) groups is 1. The molecular weight excluding hydrogens is 422 g/mol. The van der Waals surface area contributed by atoms with Crippen molar-refractivity contribution < 1.29 is 9.59 Å². The molecule has 3 amide bonds. The van der Waals surface area contributed by atoms with Crippen LogP contribution in [0.2, 0.25) is 0 Å². The quantitative estimate of drug-likeness (QED) is 0.609. The van der Waals surface area contributed by atoms with Crippen LogP contribution in [0.25, 0.3) is 11.4 Å². The van der Waals surface area contributed by atoms with Gasteiger partial charge in [-0.05, 0) is 36.7 Å². The summed E-state index contributed by atoms with van der Waals surface area (Å²) in [6.07, 6.45) is 7.80. The van der Waals surface area contributed by atoms with Gasteiger partial charge in [0.15, 0.2) is 11.0 Å². The van der Waals surface area contributed by atoms with Gasteiger partial charge >= 0.3 is 6.03 Å². The number of hydrogen-bond acceptors (Lipinski definition) is 5. The van der Waals surface area contributed by atoms with Crippen LogP contribution in [-0.2, 0) is 10.2 Å². The van der Waals surface area contributed by atoms with Gasteiger partial charge in [-0.3, -0.25) is 14.7 Å². The Morgan fingerprint density at radius 2 is 1.72 bits per heavy atom. The predicted octanol–water partition coefficient (Wildman–Crippen LogP) is 4.83. The molecule has 1 aromatic heterocycles. The highest BCUT2D eigenvalue weighted by molar-refractivity contribution is 7.99. The van der Waals surface area contributed by atoms with E-state index in [-0.39, 0.29) is 23.1 Å². The summed E-state index contributed by atoms with van der Waals surface area (Å²) in [7, 11) is 0. The second-order valence-corrected chi connectivity index (χ2v) is 10.8. The van der Waals surface area contributed by atoms with Crippen LogP contribution in [0.3, 0.4) is 0 Å². The van der Waals surface area contributed by atoms with Gasteiger partial charge in [0.2, 0.25) is 5.91 Å². The van der Waals surface area contributed by atoms with E-state index in [0.717, 1.165) is 42.2 Å². The lowest BCUT2D eigenvalue weighted by Gasteiger charge is -2.26. The largest absolute Gasteiger partial charge is 0.335 e. The lowest BCUT2D eigenvalue weighted by molar-refractivity contribution is -0.117. The van der Waals surface area contributed by atoms with Gasteiger partial charge in [0.25, 0.3) is 0 Å². The lowest BCUT2D eigenvalue weighted by atomic mass is 9.86. The minimum Gasteiger partial charge on any atom is -0.335 e. The Balaban J connectivity index is 1.51. The summed E-state index contributed by atoms with van der Waals surface area (Å²) in [6.45, 7) is 6.62. The third-order valence-electron chi connectivity index (χ3n) is 6.11. The maximum atomic E-state index is 12.3. The van der Waals surface area contributed by atoms with E-state index >= 15 is 0 Å². The van der Waals surface area contributed by atoms with Crippen molar-refractivity contribution in [2.24, 2.45) is 0 Å². The standard InChI is InChI=1S/C24H33N5O2S/c1-24(2,3)17-11-9-16(10-12-17)21-27-28-23(29(21)19-7-5-4-6-8-19)32-15-20(30)26-22(31)25-18-13-14-18/h9-12,18-19H,4-8,13-15H2,1-3H3,(H2,25,26,30,31). The first kappa shape index (κ1) is 22.8. The zero-order valence-electron chi connectivity index (χ0n) is 19.2. The van der Waals surface area contributed by atoms with E-state index in [9.17, 15) is 9.59 Å². The summed E-state index contributed by atoms with van der Waals surface area (Å²) < 4.78 is 2.22. The Labute approximate surface area is 194 Å². The fourth-order valence-electron chi connectivity index (χ4n) is 4.10. The number of rotatable bonds is 6. The number of carbonyl (C=O) groups is 2. The molecule has 0 bridgehead atoms. The van der Waals surface area contributed by atoms with E-state index in [1.807, 2.05) is 0 Å². The maximum absolute atomic E-state index is 12.3. The molecule has 0 spiro atoms. The maximum Gasteiger partial charge on any atom is 0.321 e. The molecule has 1 aromatic carbocycles. The average Bonchev–Trinajstić information content (AvgIpc) is 3.47. The highest BCUT2D eigenvalue weighted by atomic mass is 32.2. The van der Waals surface area contributed by atoms with Crippen LogP contribution in [0.15, 0.2) is 29.4 Å². The van der Waals surface area contributed by atoms with E-state index in [0.29, 0.717) is 6.04 Å².